The van der Waals surface area contributed by atoms with E-state index in [2.05, 4.69) is 25.5 Å². The number of carbonyl (C=O) groups excluding carboxylic acids is 1. The lowest BCUT2D eigenvalue weighted by Gasteiger charge is -2.35. The Balaban J connectivity index is 1.36. The molecule has 9 heteroatoms. The summed E-state index contributed by atoms with van der Waals surface area (Å²) in [7, 11) is 0. The minimum atomic E-state index is 0.0334. The molecule has 2 aliphatic rings. The number of rotatable bonds is 5. The van der Waals surface area contributed by atoms with Crippen molar-refractivity contribution in [2.75, 3.05) is 18.4 Å². The van der Waals surface area contributed by atoms with E-state index in [-0.39, 0.29) is 12.0 Å². The zero-order chi connectivity index (χ0) is 22.5. The van der Waals surface area contributed by atoms with Crippen molar-refractivity contribution in [1.82, 2.24) is 25.1 Å². The highest BCUT2D eigenvalue weighted by molar-refractivity contribution is 7.19. The second-order valence-corrected chi connectivity index (χ2v) is 10.2. The first kappa shape index (κ1) is 20.4. The smallest absolute Gasteiger partial charge is 0.226 e. The largest absolute Gasteiger partial charge is 0.489 e. The number of nitrogens with one attached hydrogen (secondary N) is 2. The number of aromatic amines is 1. The summed E-state index contributed by atoms with van der Waals surface area (Å²) in [5.41, 5.74) is 3.05. The van der Waals surface area contributed by atoms with E-state index in [0.717, 1.165) is 77.1 Å². The lowest BCUT2D eigenvalue weighted by molar-refractivity contribution is -0.139. The van der Waals surface area contributed by atoms with Gasteiger partial charge >= 0.3 is 0 Å². The van der Waals surface area contributed by atoms with Gasteiger partial charge in [-0.3, -0.25) is 9.89 Å². The average Bonchev–Trinajstić information content (AvgIpc) is 3.35. The Hall–Kier alpha value is -3.20. The standard InChI is InChI=1S/C24H26N6O2S/c1-13(2)32-19-10-17-15(11-27-29-17)8-18(19)28-22-21-16-5-4-14(24(31)30-6-3-7-30)9-20(16)33-23(21)26-12-25-22/h8,10-14H,3-7,9H2,1-2H3,(H,27,29)(H,25,26,28)/t14-/m0/s1. The normalized spacial score (nSPS) is 17.9. The van der Waals surface area contributed by atoms with Crippen molar-refractivity contribution in [3.63, 3.8) is 0 Å². The molecule has 2 N–H and O–H groups in total. The van der Waals surface area contributed by atoms with E-state index in [4.69, 9.17) is 4.74 Å². The summed E-state index contributed by atoms with van der Waals surface area (Å²) in [5.74, 6) is 1.93. The molecule has 33 heavy (non-hydrogen) atoms. The number of H-pyrrole nitrogens is 1. The molecule has 0 unspecified atom stereocenters. The SMILES string of the molecule is CC(C)Oc1cc2[nH]ncc2cc1Nc1ncnc2sc3c(c12)CC[C@H](C(=O)N1CCC1)C3. The molecule has 1 atom stereocenters. The van der Waals surface area contributed by atoms with Crippen LogP contribution in [0.5, 0.6) is 5.75 Å². The number of benzene rings is 1. The average molecular weight is 463 g/mol. The maximum Gasteiger partial charge on any atom is 0.226 e. The number of aryl methyl sites for hydroxylation is 1. The Labute approximate surface area is 195 Å². The van der Waals surface area contributed by atoms with Crippen LogP contribution in [0.15, 0.2) is 24.7 Å². The third kappa shape index (κ3) is 3.60. The van der Waals surface area contributed by atoms with Crippen LogP contribution in [0, 0.1) is 5.92 Å². The molecule has 0 radical (unpaired) electrons. The van der Waals surface area contributed by atoms with Gasteiger partial charge in [-0.25, -0.2) is 9.97 Å². The van der Waals surface area contributed by atoms with E-state index >= 15 is 0 Å². The van der Waals surface area contributed by atoms with Crippen LogP contribution in [-0.2, 0) is 17.6 Å². The van der Waals surface area contributed by atoms with Crippen molar-refractivity contribution in [3.05, 3.63) is 35.1 Å². The monoisotopic (exact) mass is 462 g/mol. The van der Waals surface area contributed by atoms with E-state index in [9.17, 15) is 4.79 Å². The van der Waals surface area contributed by atoms with Gasteiger partial charge in [0.25, 0.3) is 0 Å². The van der Waals surface area contributed by atoms with Gasteiger partial charge in [-0.2, -0.15) is 5.10 Å². The maximum absolute atomic E-state index is 12.8. The number of anilines is 2. The molecule has 1 amide bonds. The molecule has 170 valence electrons. The van der Waals surface area contributed by atoms with Gasteiger partial charge < -0.3 is 15.0 Å². The third-order valence-electron chi connectivity index (χ3n) is 6.52. The molecule has 3 aromatic heterocycles. The number of nitrogens with zero attached hydrogens (tertiary/aromatic N) is 4. The predicted octanol–water partition coefficient (Wildman–Crippen LogP) is 4.44. The lowest BCUT2D eigenvalue weighted by atomic mass is 9.86. The molecule has 1 aliphatic carbocycles. The highest BCUT2D eigenvalue weighted by Gasteiger charge is 2.33. The number of hydrogen-bond acceptors (Lipinski definition) is 7. The van der Waals surface area contributed by atoms with E-state index < -0.39 is 0 Å². The van der Waals surface area contributed by atoms with Crippen molar-refractivity contribution >= 4 is 49.9 Å². The quantitative estimate of drug-likeness (QED) is 0.455. The maximum atomic E-state index is 12.8. The van der Waals surface area contributed by atoms with Gasteiger partial charge in [0, 0.05) is 35.3 Å². The van der Waals surface area contributed by atoms with Crippen LogP contribution >= 0.6 is 11.3 Å². The first-order chi connectivity index (χ1) is 16.1. The fourth-order valence-electron chi connectivity index (χ4n) is 4.76. The number of thiophene rings is 1. The van der Waals surface area contributed by atoms with Crippen LogP contribution in [0.1, 0.15) is 37.1 Å². The van der Waals surface area contributed by atoms with E-state index in [1.807, 2.05) is 30.9 Å². The van der Waals surface area contributed by atoms with Crippen molar-refractivity contribution in [3.8, 4) is 5.75 Å². The van der Waals surface area contributed by atoms with Gasteiger partial charge in [-0.1, -0.05) is 0 Å². The molecular weight excluding hydrogens is 436 g/mol. The molecule has 1 fully saturated rings. The van der Waals surface area contributed by atoms with Crippen LogP contribution in [0.25, 0.3) is 21.1 Å². The van der Waals surface area contributed by atoms with Crippen LogP contribution in [0.2, 0.25) is 0 Å². The Morgan fingerprint density at radius 2 is 2.18 bits per heavy atom. The fraction of sp³-hybridized carbons (Fsp3) is 0.417. The summed E-state index contributed by atoms with van der Waals surface area (Å²) in [4.78, 5) is 26.2. The Bertz CT molecular complexity index is 1360. The number of amides is 1. The van der Waals surface area contributed by atoms with Gasteiger partial charge in [0.1, 0.15) is 22.7 Å². The molecule has 1 aromatic carbocycles. The molecule has 4 heterocycles. The molecule has 8 nitrogen and oxygen atoms in total. The molecule has 4 aromatic rings. The van der Waals surface area contributed by atoms with Gasteiger partial charge in [0.15, 0.2) is 0 Å². The molecule has 1 aliphatic heterocycles. The topological polar surface area (TPSA) is 96.0 Å². The summed E-state index contributed by atoms with van der Waals surface area (Å²) >= 11 is 1.69. The van der Waals surface area contributed by atoms with Crippen LogP contribution < -0.4 is 10.1 Å². The Morgan fingerprint density at radius 3 is 2.97 bits per heavy atom. The van der Waals surface area contributed by atoms with Crippen LogP contribution in [0.4, 0.5) is 11.5 Å². The van der Waals surface area contributed by atoms with Gasteiger partial charge in [0.05, 0.1) is 28.9 Å². The van der Waals surface area contributed by atoms with Crippen molar-refractivity contribution in [2.45, 2.75) is 45.6 Å². The van der Waals surface area contributed by atoms with Crippen LogP contribution in [-0.4, -0.2) is 50.2 Å². The second kappa shape index (κ2) is 7.98. The minimum absolute atomic E-state index is 0.0334. The van der Waals surface area contributed by atoms with Crippen molar-refractivity contribution < 1.29 is 9.53 Å². The number of hydrogen-bond donors (Lipinski definition) is 2. The summed E-state index contributed by atoms with van der Waals surface area (Å²) in [6, 6.07) is 4.00. The van der Waals surface area contributed by atoms with E-state index in [1.54, 1.807) is 23.9 Å². The minimum Gasteiger partial charge on any atom is -0.489 e. The van der Waals surface area contributed by atoms with Crippen molar-refractivity contribution in [1.29, 1.82) is 0 Å². The third-order valence-corrected chi connectivity index (χ3v) is 7.68. The molecule has 0 spiro atoms. The molecular formula is C24H26N6O2S. The number of ether oxygens (including phenoxy) is 1. The summed E-state index contributed by atoms with van der Waals surface area (Å²) in [5, 5.41) is 12.7. The first-order valence-electron chi connectivity index (χ1n) is 11.5. The number of likely N-dealkylation sites (tertiary alicyclic amines) is 1. The Morgan fingerprint density at radius 1 is 1.30 bits per heavy atom. The van der Waals surface area contributed by atoms with Gasteiger partial charge in [-0.05, 0) is 51.2 Å². The summed E-state index contributed by atoms with van der Waals surface area (Å²) in [6.45, 7) is 5.85. The zero-order valence-corrected chi connectivity index (χ0v) is 19.5. The summed E-state index contributed by atoms with van der Waals surface area (Å²) < 4.78 is 6.09. The molecule has 0 bridgehead atoms. The zero-order valence-electron chi connectivity index (χ0n) is 18.7. The second-order valence-electron chi connectivity index (χ2n) is 9.12. The Kier molecular flexibility index (Phi) is 4.94. The fourth-order valence-corrected chi connectivity index (χ4v) is 6.03. The molecule has 6 rings (SSSR count). The van der Waals surface area contributed by atoms with Gasteiger partial charge in [0.2, 0.25) is 5.91 Å². The van der Waals surface area contributed by atoms with E-state index in [0.29, 0.717) is 5.91 Å². The number of fused-ring (bicyclic) bond motifs is 4. The van der Waals surface area contributed by atoms with Gasteiger partial charge in [-0.15, -0.1) is 11.3 Å². The first-order valence-corrected chi connectivity index (χ1v) is 12.3. The molecule has 1 saturated heterocycles. The van der Waals surface area contributed by atoms with Crippen LogP contribution in [0.3, 0.4) is 0 Å². The highest BCUT2D eigenvalue weighted by Crippen LogP contribution is 2.42. The number of aromatic nitrogens is 4. The summed E-state index contributed by atoms with van der Waals surface area (Å²) in [6.07, 6.45) is 7.12. The predicted molar refractivity (Wildman–Crippen MR) is 129 cm³/mol. The highest BCUT2D eigenvalue weighted by atomic mass is 32.1. The van der Waals surface area contributed by atoms with E-state index in [1.165, 1.54) is 10.4 Å². The van der Waals surface area contributed by atoms with Crippen molar-refractivity contribution in [2.24, 2.45) is 5.92 Å². The number of carbonyl (C=O) groups is 1. The molecule has 0 saturated carbocycles. The lowest BCUT2D eigenvalue weighted by Crippen LogP contribution is -2.46.